The smallest absolute Gasteiger partial charge is 0.264 e. The average Bonchev–Trinajstić information content (AvgIpc) is 3.01. The van der Waals surface area contributed by atoms with Crippen LogP contribution in [0.5, 0.6) is 11.5 Å². The molecule has 9 heteroatoms. The minimum absolute atomic E-state index is 0.223. The van der Waals surface area contributed by atoms with Crippen LogP contribution in [0.2, 0.25) is 15.1 Å². The van der Waals surface area contributed by atoms with Crippen LogP contribution in [-0.4, -0.2) is 24.1 Å². The number of halogens is 3. The van der Waals surface area contributed by atoms with Crippen molar-refractivity contribution in [1.29, 1.82) is 0 Å². The molecule has 1 aromatic heterocycles. The van der Waals surface area contributed by atoms with Crippen molar-refractivity contribution in [3.8, 4) is 11.5 Å². The molecule has 3 rings (SSSR count). The molecule has 142 valence electrons. The van der Waals surface area contributed by atoms with Crippen LogP contribution in [0, 0.1) is 6.92 Å². The van der Waals surface area contributed by atoms with Gasteiger partial charge in [-0.2, -0.15) is 0 Å². The van der Waals surface area contributed by atoms with Crippen LogP contribution in [0.15, 0.2) is 24.3 Å². The first-order valence-electron chi connectivity index (χ1n) is 7.99. The molecule has 1 amide bonds. The van der Waals surface area contributed by atoms with Crippen molar-refractivity contribution in [2.24, 2.45) is 0 Å². The molecule has 0 aliphatic heterocycles. The minimum Gasteiger partial charge on any atom is -0.494 e. The number of nitrogens with zero attached hydrogens (tertiary/aromatic N) is 1. The first-order chi connectivity index (χ1) is 12.9. The van der Waals surface area contributed by atoms with Crippen molar-refractivity contribution < 1.29 is 14.3 Å². The lowest BCUT2D eigenvalue weighted by Crippen LogP contribution is -2.20. The Labute approximate surface area is 175 Å². The second kappa shape index (κ2) is 8.52. The van der Waals surface area contributed by atoms with Gasteiger partial charge in [0.25, 0.3) is 5.91 Å². The molecular formula is C18H15Cl3N2O3S. The fourth-order valence-electron chi connectivity index (χ4n) is 2.31. The van der Waals surface area contributed by atoms with E-state index in [1.165, 1.54) is 17.4 Å². The highest BCUT2D eigenvalue weighted by Crippen LogP contribution is 2.39. The molecule has 27 heavy (non-hydrogen) atoms. The molecule has 0 saturated carbocycles. The number of fused-ring (bicyclic) bond motifs is 1. The molecule has 0 aliphatic rings. The lowest BCUT2D eigenvalue weighted by atomic mass is 10.2. The predicted molar refractivity (Wildman–Crippen MR) is 111 cm³/mol. The monoisotopic (exact) mass is 444 g/mol. The van der Waals surface area contributed by atoms with Crippen molar-refractivity contribution in [1.82, 2.24) is 4.98 Å². The van der Waals surface area contributed by atoms with E-state index in [1.54, 1.807) is 6.92 Å². The normalized spacial score (nSPS) is 10.9. The summed E-state index contributed by atoms with van der Waals surface area (Å²) in [5.74, 6) is 0.608. The molecule has 2 aromatic carbocycles. The summed E-state index contributed by atoms with van der Waals surface area (Å²) >= 11 is 19.7. The van der Waals surface area contributed by atoms with E-state index < -0.39 is 0 Å². The topological polar surface area (TPSA) is 60.5 Å². The van der Waals surface area contributed by atoms with Gasteiger partial charge in [-0.15, -0.1) is 0 Å². The number of amides is 1. The number of thiazole rings is 1. The SMILES string of the molecule is CCOc1ccc2nc(NC(=O)COc3c(Cl)cc(Cl)c(C)c3Cl)sc2c1. The largest absolute Gasteiger partial charge is 0.494 e. The van der Waals surface area contributed by atoms with E-state index in [0.29, 0.717) is 22.3 Å². The standard InChI is InChI=1S/C18H15Cl3N2O3S/c1-3-25-10-4-5-13-14(6-10)27-18(22-13)23-15(24)8-26-17-12(20)7-11(19)9(2)16(17)21/h4-7H,3,8H2,1-2H3,(H,22,23,24). The molecule has 0 bridgehead atoms. The van der Waals surface area contributed by atoms with Gasteiger partial charge in [-0.05, 0) is 43.7 Å². The van der Waals surface area contributed by atoms with E-state index in [-0.39, 0.29) is 28.3 Å². The molecule has 0 atom stereocenters. The number of benzene rings is 2. The summed E-state index contributed by atoms with van der Waals surface area (Å²) < 4.78 is 11.9. The zero-order valence-corrected chi connectivity index (χ0v) is 17.5. The number of carbonyl (C=O) groups is 1. The van der Waals surface area contributed by atoms with Crippen molar-refractivity contribution in [2.75, 3.05) is 18.5 Å². The maximum absolute atomic E-state index is 12.2. The summed E-state index contributed by atoms with van der Waals surface area (Å²) in [4.78, 5) is 16.6. The highest BCUT2D eigenvalue weighted by molar-refractivity contribution is 7.22. The molecule has 1 N–H and O–H groups in total. The van der Waals surface area contributed by atoms with Gasteiger partial charge in [-0.3, -0.25) is 10.1 Å². The molecule has 0 radical (unpaired) electrons. The first-order valence-corrected chi connectivity index (χ1v) is 9.94. The van der Waals surface area contributed by atoms with Crippen molar-refractivity contribution >= 4 is 67.4 Å². The van der Waals surface area contributed by atoms with Gasteiger partial charge in [-0.1, -0.05) is 46.1 Å². The highest BCUT2D eigenvalue weighted by atomic mass is 35.5. The van der Waals surface area contributed by atoms with Gasteiger partial charge in [0.15, 0.2) is 17.5 Å². The van der Waals surface area contributed by atoms with Gasteiger partial charge < -0.3 is 9.47 Å². The lowest BCUT2D eigenvalue weighted by molar-refractivity contribution is -0.118. The summed E-state index contributed by atoms with van der Waals surface area (Å²) in [6.07, 6.45) is 0. The van der Waals surface area contributed by atoms with Crippen molar-refractivity contribution in [3.63, 3.8) is 0 Å². The van der Waals surface area contributed by atoms with E-state index in [0.717, 1.165) is 16.0 Å². The van der Waals surface area contributed by atoms with E-state index in [9.17, 15) is 4.79 Å². The van der Waals surface area contributed by atoms with E-state index in [1.807, 2.05) is 25.1 Å². The zero-order chi connectivity index (χ0) is 19.6. The van der Waals surface area contributed by atoms with Gasteiger partial charge >= 0.3 is 0 Å². The van der Waals surface area contributed by atoms with Gasteiger partial charge in [0.05, 0.1) is 26.9 Å². The molecule has 0 aliphatic carbocycles. The highest BCUT2D eigenvalue weighted by Gasteiger charge is 2.16. The van der Waals surface area contributed by atoms with Gasteiger partial charge in [0.1, 0.15) is 5.75 Å². The summed E-state index contributed by atoms with van der Waals surface area (Å²) in [6.45, 7) is 3.98. The van der Waals surface area contributed by atoms with E-state index in [4.69, 9.17) is 44.3 Å². The number of rotatable bonds is 6. The maximum Gasteiger partial charge on any atom is 0.264 e. The van der Waals surface area contributed by atoms with Crippen LogP contribution in [0.25, 0.3) is 10.2 Å². The summed E-state index contributed by atoms with van der Waals surface area (Å²) in [6, 6.07) is 7.10. The number of carbonyl (C=O) groups excluding carboxylic acids is 1. The summed E-state index contributed by atoms with van der Waals surface area (Å²) in [5.41, 5.74) is 1.41. The number of anilines is 1. The van der Waals surface area contributed by atoms with Crippen molar-refractivity contribution in [3.05, 3.63) is 44.9 Å². The number of hydrogen-bond acceptors (Lipinski definition) is 5. The summed E-state index contributed by atoms with van der Waals surface area (Å²) in [7, 11) is 0. The molecule has 0 spiro atoms. The second-order valence-corrected chi connectivity index (χ2v) is 7.75. The zero-order valence-electron chi connectivity index (χ0n) is 14.4. The number of ether oxygens (including phenoxy) is 2. The van der Waals surface area contributed by atoms with Gasteiger partial charge in [0, 0.05) is 5.02 Å². The predicted octanol–water partition coefficient (Wildman–Crippen LogP) is 5.98. The molecule has 3 aromatic rings. The van der Waals surface area contributed by atoms with Gasteiger partial charge in [-0.25, -0.2) is 4.98 Å². The van der Waals surface area contributed by atoms with Crippen LogP contribution in [0.4, 0.5) is 5.13 Å². The summed E-state index contributed by atoms with van der Waals surface area (Å²) in [5, 5.41) is 4.13. The van der Waals surface area contributed by atoms with E-state index >= 15 is 0 Å². The van der Waals surface area contributed by atoms with Crippen LogP contribution in [-0.2, 0) is 4.79 Å². The Hall–Kier alpha value is -1.73. The molecule has 0 fully saturated rings. The van der Waals surface area contributed by atoms with Crippen molar-refractivity contribution in [2.45, 2.75) is 13.8 Å². The Morgan fingerprint density at radius 2 is 1.96 bits per heavy atom. The lowest BCUT2D eigenvalue weighted by Gasteiger charge is -2.12. The molecule has 5 nitrogen and oxygen atoms in total. The number of hydrogen-bond donors (Lipinski definition) is 1. The van der Waals surface area contributed by atoms with Crippen LogP contribution < -0.4 is 14.8 Å². The quantitative estimate of drug-likeness (QED) is 0.507. The Balaban J connectivity index is 1.68. The fraction of sp³-hybridized carbons (Fsp3) is 0.222. The van der Waals surface area contributed by atoms with E-state index in [2.05, 4.69) is 10.3 Å². The Morgan fingerprint density at radius 3 is 2.70 bits per heavy atom. The maximum atomic E-state index is 12.2. The molecule has 0 saturated heterocycles. The minimum atomic E-state index is -0.376. The fourth-order valence-corrected chi connectivity index (χ4v) is 4.09. The first kappa shape index (κ1) is 20.0. The van der Waals surface area contributed by atoms with Crippen LogP contribution >= 0.6 is 46.1 Å². The van der Waals surface area contributed by atoms with Gasteiger partial charge in [0.2, 0.25) is 0 Å². The van der Waals surface area contributed by atoms with Crippen LogP contribution in [0.1, 0.15) is 12.5 Å². The molecule has 0 unspecified atom stereocenters. The average molecular weight is 446 g/mol. The Morgan fingerprint density at radius 1 is 1.19 bits per heavy atom. The number of nitrogens with one attached hydrogen (secondary N) is 1. The second-order valence-electron chi connectivity index (χ2n) is 5.53. The Bertz CT molecular complexity index is 1010. The third-order valence-corrected chi connectivity index (χ3v) is 5.68. The van der Waals surface area contributed by atoms with Crippen LogP contribution in [0.3, 0.4) is 0 Å². The Kier molecular flexibility index (Phi) is 6.32. The number of aromatic nitrogens is 1. The molecule has 1 heterocycles. The third kappa shape index (κ3) is 4.58. The molecular weight excluding hydrogens is 431 g/mol. The third-order valence-electron chi connectivity index (χ3n) is 3.62.